The Hall–Kier alpha value is -10.2. The molecule has 0 aliphatic carbocycles. The number of rotatable bonds is 9. The van der Waals surface area contributed by atoms with E-state index in [0.29, 0.717) is 67.0 Å². The minimum Gasteiger partial charge on any atom is -0.307 e. The molecule has 0 aliphatic heterocycles. The molecular weight excluding hydrogens is 919 g/mol. The number of fused-ring (bicyclic) bond motifs is 6. The third kappa shape index (κ3) is 7.38. The molecule has 6 heteroatoms. The first-order valence-electron chi connectivity index (χ1n) is 25.1. The van der Waals surface area contributed by atoms with Gasteiger partial charge in [0.25, 0.3) is 0 Å². The van der Waals surface area contributed by atoms with Crippen molar-refractivity contribution in [3.63, 3.8) is 0 Å². The molecule has 0 unspecified atom stereocenters. The molecule has 75 heavy (non-hydrogen) atoms. The van der Waals surface area contributed by atoms with E-state index in [0.717, 1.165) is 33.8 Å². The summed E-state index contributed by atoms with van der Waals surface area (Å²) in [4.78, 5) is 51.4. The van der Waals surface area contributed by atoms with Crippen LogP contribution in [0.3, 0.4) is 0 Å². The minimum absolute atomic E-state index is 0.223. The zero-order valence-corrected chi connectivity index (χ0v) is 40.5. The maximum Gasteiger partial charge on any atom is 0.200 e. The van der Waals surface area contributed by atoms with E-state index in [1.807, 2.05) is 273 Å². The van der Waals surface area contributed by atoms with Gasteiger partial charge in [0.05, 0.1) is 66.5 Å². The Bertz CT molecular complexity index is 3960. The zero-order chi connectivity index (χ0) is 50.4. The molecule has 0 bridgehead atoms. The molecular formula is C69H45N3O3. The van der Waals surface area contributed by atoms with E-state index in [1.54, 1.807) is 0 Å². The van der Waals surface area contributed by atoms with Crippen LogP contribution in [0.5, 0.6) is 0 Å². The Kier molecular flexibility index (Phi) is 11.2. The average molecular weight is 964 g/mol. The number of nitrogens with zero attached hydrogens (tertiary/aromatic N) is 3. The number of para-hydroxylation sites is 3. The van der Waals surface area contributed by atoms with Crippen molar-refractivity contribution in [3.05, 3.63) is 304 Å². The van der Waals surface area contributed by atoms with E-state index >= 15 is 14.4 Å². The van der Waals surface area contributed by atoms with Gasteiger partial charge in [-0.05, 0) is 69.8 Å². The van der Waals surface area contributed by atoms with Gasteiger partial charge in [-0.15, -0.1) is 0 Å². The lowest BCUT2D eigenvalue weighted by molar-refractivity contribution is 1.08. The number of hydrogen-bond acceptors (Lipinski definition) is 3. The van der Waals surface area contributed by atoms with Crippen LogP contribution in [0.25, 0.3) is 117 Å². The average Bonchev–Trinajstić information content (AvgIpc) is 3.55. The van der Waals surface area contributed by atoms with Gasteiger partial charge >= 0.3 is 0 Å². The highest BCUT2D eigenvalue weighted by Crippen LogP contribution is 2.46. The van der Waals surface area contributed by atoms with Gasteiger partial charge < -0.3 is 13.7 Å². The third-order valence-corrected chi connectivity index (χ3v) is 14.2. The highest BCUT2D eigenvalue weighted by atomic mass is 16.1. The molecule has 0 spiro atoms. The lowest BCUT2D eigenvalue weighted by atomic mass is 9.88. The van der Waals surface area contributed by atoms with Gasteiger partial charge in [0.15, 0.2) is 16.3 Å². The van der Waals surface area contributed by atoms with Crippen molar-refractivity contribution in [3.8, 4) is 84.2 Å². The molecule has 0 amide bonds. The molecule has 0 saturated carbocycles. The SMILES string of the molecule is O=c1c(-c2ccccc2)c(-c2ccccc2)n(-c2ccccc2)c2c1c1c(c(=O)c(-c3ccccc3)c(-c3ccccc3)n1-c1ccccc1)c1c2c(=O)c(-c2ccccc2)c(-c2ccccc2)n1-c1ccccc1. The van der Waals surface area contributed by atoms with Gasteiger partial charge in [0.1, 0.15) is 0 Å². The van der Waals surface area contributed by atoms with E-state index in [4.69, 9.17) is 0 Å². The second-order valence-electron chi connectivity index (χ2n) is 18.5. The van der Waals surface area contributed by atoms with Gasteiger partial charge in [0, 0.05) is 17.1 Å². The first-order valence-corrected chi connectivity index (χ1v) is 25.1. The highest BCUT2D eigenvalue weighted by Gasteiger charge is 2.34. The van der Waals surface area contributed by atoms with Crippen LogP contribution < -0.4 is 16.3 Å². The highest BCUT2D eigenvalue weighted by molar-refractivity contribution is 6.26. The third-order valence-electron chi connectivity index (χ3n) is 14.2. The molecule has 0 saturated heterocycles. The first-order chi connectivity index (χ1) is 37.1. The van der Waals surface area contributed by atoms with E-state index in [2.05, 4.69) is 13.7 Å². The number of hydrogen-bond donors (Lipinski definition) is 0. The number of pyridine rings is 3. The van der Waals surface area contributed by atoms with E-state index < -0.39 is 0 Å². The molecule has 0 N–H and O–H groups in total. The molecule has 3 heterocycles. The fourth-order valence-electron chi connectivity index (χ4n) is 11.1. The van der Waals surface area contributed by atoms with Crippen LogP contribution in [-0.4, -0.2) is 13.7 Å². The maximum atomic E-state index is 17.1. The summed E-state index contributed by atoms with van der Waals surface area (Å²) in [6.07, 6.45) is 0. The van der Waals surface area contributed by atoms with Crippen molar-refractivity contribution in [2.75, 3.05) is 0 Å². The second kappa shape index (κ2) is 18.8. The van der Waals surface area contributed by atoms with E-state index in [9.17, 15) is 0 Å². The van der Waals surface area contributed by atoms with Crippen LogP contribution in [0.4, 0.5) is 0 Å². The standard InChI is InChI=1S/C69H45N3O3/c73-67-55(46-28-10-1-11-29-46)61(49-34-16-4-17-35-49)70(52-40-22-7-23-41-52)64-58(67)65-60(69(75)56(47-30-12-2-13-31-47)62(50-36-18-5-19-37-50)71(65)53-42-24-8-25-43-53)66-59(64)68(74)57(48-32-14-3-15-33-48)63(51-38-20-6-21-39-51)72(66)54-44-26-9-27-45-54/h1-45H. The van der Waals surface area contributed by atoms with Crippen molar-refractivity contribution in [2.45, 2.75) is 0 Å². The summed E-state index contributed by atoms with van der Waals surface area (Å²) >= 11 is 0. The Balaban J connectivity index is 1.49. The Morgan fingerprint density at radius 3 is 0.573 bits per heavy atom. The molecule has 13 aromatic rings. The largest absolute Gasteiger partial charge is 0.307 e. The summed E-state index contributed by atoms with van der Waals surface area (Å²) < 4.78 is 6.32. The first kappa shape index (κ1) is 44.7. The normalized spacial score (nSPS) is 11.4. The summed E-state index contributed by atoms with van der Waals surface area (Å²) in [6.45, 7) is 0. The van der Waals surface area contributed by atoms with Crippen molar-refractivity contribution in [1.82, 2.24) is 13.7 Å². The molecule has 0 atom stereocenters. The molecule has 10 aromatic carbocycles. The number of benzene rings is 10. The van der Waals surface area contributed by atoms with Crippen LogP contribution in [0.15, 0.2) is 287 Å². The molecule has 6 nitrogen and oxygen atoms in total. The quantitative estimate of drug-likeness (QED) is 0.135. The Morgan fingerprint density at radius 1 is 0.200 bits per heavy atom. The Morgan fingerprint density at radius 2 is 0.373 bits per heavy atom. The molecule has 354 valence electrons. The molecule has 0 aliphatic rings. The van der Waals surface area contributed by atoms with Gasteiger partial charge in [0.2, 0.25) is 0 Å². The van der Waals surface area contributed by atoms with Gasteiger partial charge in [-0.25, -0.2) is 0 Å². The van der Waals surface area contributed by atoms with Crippen molar-refractivity contribution >= 4 is 32.7 Å². The summed E-state index contributed by atoms with van der Waals surface area (Å²) in [5.74, 6) is 0. The van der Waals surface area contributed by atoms with Crippen LogP contribution >= 0.6 is 0 Å². The molecule has 3 aromatic heterocycles. The van der Waals surface area contributed by atoms with E-state index in [1.165, 1.54) is 0 Å². The maximum absolute atomic E-state index is 17.1. The fraction of sp³-hybridized carbons (Fsp3) is 0. The van der Waals surface area contributed by atoms with Crippen LogP contribution in [-0.2, 0) is 0 Å². The number of aromatic nitrogens is 3. The second-order valence-corrected chi connectivity index (χ2v) is 18.5. The van der Waals surface area contributed by atoms with Crippen molar-refractivity contribution < 1.29 is 0 Å². The van der Waals surface area contributed by atoms with Gasteiger partial charge in [-0.1, -0.05) is 237 Å². The van der Waals surface area contributed by atoms with Gasteiger partial charge in [-0.2, -0.15) is 0 Å². The lowest BCUT2D eigenvalue weighted by Gasteiger charge is -2.29. The summed E-state index contributed by atoms with van der Waals surface area (Å²) in [6, 6.07) is 88.9. The summed E-state index contributed by atoms with van der Waals surface area (Å²) in [5.41, 5.74) is 9.71. The summed E-state index contributed by atoms with van der Waals surface area (Å²) in [5, 5.41) is 0.669. The predicted molar refractivity (Wildman–Crippen MR) is 308 cm³/mol. The van der Waals surface area contributed by atoms with Crippen molar-refractivity contribution in [2.24, 2.45) is 0 Å². The lowest BCUT2D eigenvalue weighted by Crippen LogP contribution is -2.25. The van der Waals surface area contributed by atoms with Gasteiger partial charge in [-0.3, -0.25) is 14.4 Å². The van der Waals surface area contributed by atoms with Crippen LogP contribution in [0, 0.1) is 0 Å². The molecule has 0 fully saturated rings. The summed E-state index contributed by atoms with van der Waals surface area (Å²) in [7, 11) is 0. The molecule has 13 rings (SSSR count). The van der Waals surface area contributed by atoms with Crippen LogP contribution in [0.1, 0.15) is 0 Å². The zero-order valence-electron chi connectivity index (χ0n) is 40.5. The predicted octanol–water partition coefficient (Wildman–Crippen LogP) is 15.6. The van der Waals surface area contributed by atoms with Crippen molar-refractivity contribution in [1.29, 1.82) is 0 Å². The molecule has 0 radical (unpaired) electrons. The Labute approximate surface area is 432 Å². The van der Waals surface area contributed by atoms with E-state index in [-0.39, 0.29) is 32.4 Å². The van der Waals surface area contributed by atoms with Crippen LogP contribution in [0.2, 0.25) is 0 Å². The fourth-order valence-corrected chi connectivity index (χ4v) is 11.1. The minimum atomic E-state index is -0.330. The smallest absolute Gasteiger partial charge is 0.200 e. The topological polar surface area (TPSA) is 66.0 Å². The monoisotopic (exact) mass is 963 g/mol.